The zero-order chi connectivity index (χ0) is 15.6. The fraction of sp³-hybridized carbons (Fsp3) is 0.471. The Balaban J connectivity index is 2.27. The molecule has 1 aromatic carbocycles. The van der Waals surface area contributed by atoms with Crippen LogP contribution < -0.4 is 11.3 Å². The Hall–Kier alpha value is -1.65. The van der Waals surface area contributed by atoms with Gasteiger partial charge in [0.2, 0.25) is 0 Å². The summed E-state index contributed by atoms with van der Waals surface area (Å²) < 4.78 is 1.98. The van der Waals surface area contributed by atoms with Crippen molar-refractivity contribution in [2.45, 2.75) is 53.1 Å². The van der Waals surface area contributed by atoms with Crippen LogP contribution in [0.15, 0.2) is 24.4 Å². The molecule has 0 aliphatic heterocycles. The van der Waals surface area contributed by atoms with Crippen LogP contribution in [-0.2, 0) is 6.42 Å². The van der Waals surface area contributed by atoms with Crippen LogP contribution in [-0.4, -0.2) is 9.78 Å². The third-order valence-electron chi connectivity index (χ3n) is 3.89. The zero-order valence-electron chi connectivity index (χ0n) is 13.6. The molecule has 1 unspecified atom stereocenters. The molecule has 2 aromatic rings. The number of benzene rings is 1. The van der Waals surface area contributed by atoms with Crippen LogP contribution in [0, 0.1) is 20.8 Å². The van der Waals surface area contributed by atoms with E-state index in [-0.39, 0.29) is 6.04 Å². The maximum atomic E-state index is 5.81. The van der Waals surface area contributed by atoms with Gasteiger partial charge in [-0.05, 0) is 57.4 Å². The molecule has 0 bridgehead atoms. The lowest BCUT2D eigenvalue weighted by Crippen LogP contribution is -2.31. The highest BCUT2D eigenvalue weighted by molar-refractivity contribution is 5.40. The summed E-state index contributed by atoms with van der Waals surface area (Å²) in [7, 11) is 0. The molecular weight excluding hydrogens is 260 g/mol. The second-order valence-corrected chi connectivity index (χ2v) is 6.12. The highest BCUT2D eigenvalue weighted by atomic mass is 15.3. The highest BCUT2D eigenvalue weighted by Crippen LogP contribution is 2.25. The summed E-state index contributed by atoms with van der Waals surface area (Å²) in [6, 6.07) is 6.95. The number of nitrogens with one attached hydrogen (secondary N) is 1. The molecule has 0 amide bonds. The van der Waals surface area contributed by atoms with Crippen molar-refractivity contribution < 1.29 is 0 Å². The number of aromatic nitrogens is 2. The summed E-state index contributed by atoms with van der Waals surface area (Å²) in [5.41, 5.74) is 9.14. The molecule has 0 aliphatic carbocycles. The maximum absolute atomic E-state index is 5.81. The Morgan fingerprint density at radius 1 is 1.19 bits per heavy atom. The predicted molar refractivity (Wildman–Crippen MR) is 87.0 cm³/mol. The number of nitrogens with two attached hydrogens (primary N) is 1. The van der Waals surface area contributed by atoms with Gasteiger partial charge in [0, 0.05) is 18.7 Å². The van der Waals surface area contributed by atoms with E-state index in [0.717, 1.165) is 12.1 Å². The van der Waals surface area contributed by atoms with E-state index in [1.165, 1.54) is 22.3 Å². The van der Waals surface area contributed by atoms with Gasteiger partial charge in [-0.25, -0.2) is 0 Å². The molecule has 0 spiro atoms. The van der Waals surface area contributed by atoms with Crippen molar-refractivity contribution in [3.63, 3.8) is 0 Å². The zero-order valence-corrected chi connectivity index (χ0v) is 13.6. The molecule has 21 heavy (non-hydrogen) atoms. The number of rotatable bonds is 5. The van der Waals surface area contributed by atoms with Crippen LogP contribution in [0.25, 0.3) is 0 Å². The predicted octanol–water partition coefficient (Wildman–Crippen LogP) is 3.14. The molecule has 1 heterocycles. The van der Waals surface area contributed by atoms with E-state index in [1.54, 1.807) is 0 Å². The second kappa shape index (κ2) is 6.41. The number of nitrogens with zero attached hydrogens (tertiary/aromatic N) is 2. The molecule has 0 saturated heterocycles. The van der Waals surface area contributed by atoms with Crippen molar-refractivity contribution in [3.05, 3.63) is 52.3 Å². The molecule has 3 N–H and O–H groups in total. The lowest BCUT2D eigenvalue weighted by Gasteiger charge is -2.21. The standard InChI is InChI=1S/C17H26N4/c1-11(2)21-7-6-15(20-21)10-16(19-18)17-13(4)8-12(3)9-14(17)5/h6-9,11,16,19H,10,18H2,1-5H3. The van der Waals surface area contributed by atoms with Crippen LogP contribution in [0.2, 0.25) is 0 Å². The molecule has 1 aromatic heterocycles. The van der Waals surface area contributed by atoms with E-state index >= 15 is 0 Å². The van der Waals surface area contributed by atoms with Gasteiger partial charge in [0.1, 0.15) is 0 Å². The van der Waals surface area contributed by atoms with Gasteiger partial charge >= 0.3 is 0 Å². The van der Waals surface area contributed by atoms with Crippen LogP contribution in [0.3, 0.4) is 0 Å². The molecule has 1 atom stereocenters. The highest BCUT2D eigenvalue weighted by Gasteiger charge is 2.17. The third kappa shape index (κ3) is 3.52. The number of hydrogen-bond acceptors (Lipinski definition) is 3. The maximum Gasteiger partial charge on any atom is 0.0644 e. The molecule has 0 aliphatic rings. The van der Waals surface area contributed by atoms with Gasteiger partial charge < -0.3 is 0 Å². The Kier molecular flexibility index (Phi) is 4.80. The summed E-state index contributed by atoms with van der Waals surface area (Å²) in [4.78, 5) is 0. The molecule has 0 radical (unpaired) electrons. The van der Waals surface area contributed by atoms with Crippen molar-refractivity contribution in [1.29, 1.82) is 0 Å². The van der Waals surface area contributed by atoms with Crippen LogP contribution in [0.4, 0.5) is 0 Å². The molecule has 4 nitrogen and oxygen atoms in total. The summed E-state index contributed by atoms with van der Waals surface area (Å²) in [5, 5.41) is 4.62. The average Bonchev–Trinajstić information content (AvgIpc) is 2.85. The normalized spacial score (nSPS) is 12.9. The van der Waals surface area contributed by atoms with Crippen molar-refractivity contribution in [2.75, 3.05) is 0 Å². The van der Waals surface area contributed by atoms with Crippen molar-refractivity contribution >= 4 is 0 Å². The smallest absolute Gasteiger partial charge is 0.0644 e. The van der Waals surface area contributed by atoms with Gasteiger partial charge in [-0.2, -0.15) is 5.10 Å². The van der Waals surface area contributed by atoms with E-state index in [9.17, 15) is 0 Å². The van der Waals surface area contributed by atoms with Crippen molar-refractivity contribution in [3.8, 4) is 0 Å². The first-order chi connectivity index (χ1) is 9.92. The Labute approximate surface area is 127 Å². The topological polar surface area (TPSA) is 55.9 Å². The lowest BCUT2D eigenvalue weighted by molar-refractivity contribution is 0.505. The monoisotopic (exact) mass is 286 g/mol. The van der Waals surface area contributed by atoms with Crippen LogP contribution >= 0.6 is 0 Å². The van der Waals surface area contributed by atoms with Crippen LogP contribution in [0.5, 0.6) is 0 Å². The van der Waals surface area contributed by atoms with Gasteiger partial charge in [-0.1, -0.05) is 17.7 Å². The quantitative estimate of drug-likeness (QED) is 0.656. The minimum absolute atomic E-state index is 0.0844. The molecule has 114 valence electrons. The fourth-order valence-electron chi connectivity index (χ4n) is 2.97. The first kappa shape index (κ1) is 15.7. The molecule has 4 heteroatoms. The van der Waals surface area contributed by atoms with E-state index < -0.39 is 0 Å². The fourth-order valence-corrected chi connectivity index (χ4v) is 2.97. The SMILES string of the molecule is Cc1cc(C)c(C(Cc2ccn(C(C)C)n2)NN)c(C)c1. The summed E-state index contributed by atoms with van der Waals surface area (Å²) >= 11 is 0. The third-order valence-corrected chi connectivity index (χ3v) is 3.89. The minimum atomic E-state index is 0.0844. The van der Waals surface area contributed by atoms with E-state index in [1.807, 2.05) is 10.9 Å². The molecular formula is C17H26N4. The lowest BCUT2D eigenvalue weighted by atomic mass is 9.92. The summed E-state index contributed by atoms with van der Waals surface area (Å²) in [6.07, 6.45) is 2.82. The van der Waals surface area contributed by atoms with E-state index in [4.69, 9.17) is 5.84 Å². The summed E-state index contributed by atoms with van der Waals surface area (Å²) in [5.74, 6) is 5.81. The number of hydrazine groups is 1. The second-order valence-electron chi connectivity index (χ2n) is 6.12. The number of hydrogen-bond donors (Lipinski definition) is 2. The Morgan fingerprint density at radius 2 is 1.81 bits per heavy atom. The minimum Gasteiger partial charge on any atom is -0.271 e. The van der Waals surface area contributed by atoms with Gasteiger partial charge in [0.05, 0.1) is 11.7 Å². The summed E-state index contributed by atoms with van der Waals surface area (Å²) in [6.45, 7) is 10.7. The Bertz CT molecular complexity index is 590. The average molecular weight is 286 g/mol. The van der Waals surface area contributed by atoms with Crippen molar-refractivity contribution in [2.24, 2.45) is 5.84 Å². The molecule has 2 rings (SSSR count). The molecule has 0 saturated carbocycles. The van der Waals surface area contributed by atoms with Crippen molar-refractivity contribution in [1.82, 2.24) is 15.2 Å². The largest absolute Gasteiger partial charge is 0.271 e. The molecule has 0 fully saturated rings. The van der Waals surface area contributed by atoms with Gasteiger partial charge in [0.15, 0.2) is 0 Å². The van der Waals surface area contributed by atoms with E-state index in [2.05, 4.69) is 63.3 Å². The van der Waals surface area contributed by atoms with Gasteiger partial charge in [-0.3, -0.25) is 16.0 Å². The Morgan fingerprint density at radius 3 is 2.29 bits per heavy atom. The van der Waals surface area contributed by atoms with Crippen LogP contribution in [0.1, 0.15) is 53.9 Å². The van der Waals surface area contributed by atoms with E-state index in [0.29, 0.717) is 6.04 Å². The van der Waals surface area contributed by atoms with Gasteiger partial charge in [-0.15, -0.1) is 0 Å². The first-order valence-electron chi connectivity index (χ1n) is 7.50. The first-order valence-corrected chi connectivity index (χ1v) is 7.50. The van der Waals surface area contributed by atoms with Gasteiger partial charge in [0.25, 0.3) is 0 Å². The number of aryl methyl sites for hydroxylation is 3.